The van der Waals surface area contributed by atoms with Gasteiger partial charge in [0.1, 0.15) is 0 Å². The molecule has 0 bridgehead atoms. The molecule has 0 unspecified atom stereocenters. The second-order valence-electron chi connectivity index (χ2n) is 5.65. The van der Waals surface area contributed by atoms with Crippen molar-refractivity contribution >= 4 is 5.91 Å². The average Bonchev–Trinajstić information content (AvgIpc) is 2.82. The highest BCUT2D eigenvalue weighted by molar-refractivity contribution is 5.89. The molecular weight excluding hydrogens is 176 g/mol. The topological polar surface area (TPSA) is 46.3 Å². The Morgan fingerprint density at radius 3 is 2.43 bits per heavy atom. The lowest BCUT2D eigenvalue weighted by Crippen LogP contribution is -2.51. The molecule has 0 atom stereocenters. The minimum atomic E-state index is -0.479. The van der Waals surface area contributed by atoms with E-state index in [0.717, 1.165) is 32.4 Å². The van der Waals surface area contributed by atoms with Crippen LogP contribution in [0.5, 0.6) is 0 Å². The third kappa shape index (κ3) is 1.78. The summed E-state index contributed by atoms with van der Waals surface area (Å²) >= 11 is 0. The third-order valence-electron chi connectivity index (χ3n) is 3.40. The molecule has 2 N–H and O–H groups in total. The fourth-order valence-electron chi connectivity index (χ4n) is 2.26. The van der Waals surface area contributed by atoms with Crippen LogP contribution >= 0.6 is 0 Å². The zero-order valence-corrected chi connectivity index (χ0v) is 9.18. The van der Waals surface area contributed by atoms with Crippen LogP contribution in [0.4, 0.5) is 0 Å². The number of hydrogen-bond donors (Lipinski definition) is 1. The summed E-state index contributed by atoms with van der Waals surface area (Å²) in [6.45, 7) is 6.23. The Balaban J connectivity index is 2.01. The summed E-state index contributed by atoms with van der Waals surface area (Å²) in [5.74, 6) is 0.185. The fourth-order valence-corrected chi connectivity index (χ4v) is 2.26. The first-order valence-corrected chi connectivity index (χ1v) is 5.51. The van der Waals surface area contributed by atoms with E-state index in [4.69, 9.17) is 5.73 Å². The molecule has 1 saturated heterocycles. The van der Waals surface area contributed by atoms with Crippen molar-refractivity contribution < 1.29 is 4.79 Å². The van der Waals surface area contributed by atoms with Crippen LogP contribution in [0.3, 0.4) is 0 Å². The molecule has 1 saturated carbocycles. The van der Waals surface area contributed by atoms with Gasteiger partial charge in [0.15, 0.2) is 0 Å². The molecule has 1 amide bonds. The lowest BCUT2D eigenvalue weighted by Gasteiger charge is -2.39. The van der Waals surface area contributed by atoms with Gasteiger partial charge < -0.3 is 10.6 Å². The van der Waals surface area contributed by atoms with Gasteiger partial charge in [-0.25, -0.2) is 0 Å². The molecule has 0 aromatic heterocycles. The van der Waals surface area contributed by atoms with Crippen LogP contribution in [0.1, 0.15) is 39.5 Å². The smallest absolute Gasteiger partial charge is 0.242 e. The molecule has 2 fully saturated rings. The standard InChI is InChI=1S/C11H20N2O/c1-10(2)4-3-7-13(8-10)9(14)11(12)5-6-11/h3-8,12H2,1-2H3. The number of carbonyl (C=O) groups is 1. The summed E-state index contributed by atoms with van der Waals surface area (Å²) in [6, 6.07) is 0. The van der Waals surface area contributed by atoms with E-state index in [-0.39, 0.29) is 11.3 Å². The van der Waals surface area contributed by atoms with Crippen LogP contribution in [0, 0.1) is 5.41 Å². The number of amides is 1. The number of nitrogens with two attached hydrogens (primary N) is 1. The molecule has 2 rings (SSSR count). The van der Waals surface area contributed by atoms with E-state index in [1.165, 1.54) is 6.42 Å². The average molecular weight is 196 g/mol. The van der Waals surface area contributed by atoms with Crippen LogP contribution in [0.2, 0.25) is 0 Å². The van der Waals surface area contributed by atoms with Gasteiger partial charge in [-0.2, -0.15) is 0 Å². The van der Waals surface area contributed by atoms with Crippen LogP contribution in [-0.4, -0.2) is 29.4 Å². The highest BCUT2D eigenvalue weighted by atomic mass is 16.2. The lowest BCUT2D eigenvalue weighted by atomic mass is 9.84. The zero-order chi connectivity index (χ0) is 10.4. The molecule has 14 heavy (non-hydrogen) atoms. The molecule has 3 heteroatoms. The van der Waals surface area contributed by atoms with Gasteiger partial charge in [0.05, 0.1) is 5.54 Å². The van der Waals surface area contributed by atoms with Crippen molar-refractivity contribution in [2.75, 3.05) is 13.1 Å². The van der Waals surface area contributed by atoms with Gasteiger partial charge in [-0.15, -0.1) is 0 Å². The number of rotatable bonds is 1. The fraction of sp³-hybridized carbons (Fsp3) is 0.909. The molecule has 2 aliphatic rings. The molecule has 0 aromatic carbocycles. The predicted molar refractivity (Wildman–Crippen MR) is 55.7 cm³/mol. The summed E-state index contributed by atoms with van der Waals surface area (Å²) in [4.78, 5) is 13.9. The molecule has 3 nitrogen and oxygen atoms in total. The molecule has 0 aromatic rings. The Labute approximate surface area is 85.6 Å². The van der Waals surface area contributed by atoms with Gasteiger partial charge in [-0.1, -0.05) is 13.8 Å². The Bertz CT molecular complexity index is 256. The van der Waals surface area contributed by atoms with Crippen LogP contribution in [0.15, 0.2) is 0 Å². The minimum absolute atomic E-state index is 0.185. The van der Waals surface area contributed by atoms with Crippen LogP contribution in [0.25, 0.3) is 0 Å². The molecule has 1 aliphatic carbocycles. The predicted octanol–water partition coefficient (Wildman–Crippen LogP) is 1.13. The summed E-state index contributed by atoms with van der Waals surface area (Å²) in [7, 11) is 0. The number of hydrogen-bond acceptors (Lipinski definition) is 2. The Morgan fingerprint density at radius 1 is 1.29 bits per heavy atom. The van der Waals surface area contributed by atoms with Gasteiger partial charge in [0, 0.05) is 13.1 Å². The first kappa shape index (κ1) is 9.97. The Morgan fingerprint density at radius 2 is 1.93 bits per heavy atom. The molecule has 80 valence electrons. The monoisotopic (exact) mass is 196 g/mol. The van der Waals surface area contributed by atoms with E-state index in [9.17, 15) is 4.79 Å². The summed E-state index contributed by atoms with van der Waals surface area (Å²) in [5, 5.41) is 0. The van der Waals surface area contributed by atoms with E-state index in [1.807, 2.05) is 4.90 Å². The largest absolute Gasteiger partial charge is 0.341 e. The molecule has 0 radical (unpaired) electrons. The minimum Gasteiger partial charge on any atom is -0.341 e. The Hall–Kier alpha value is -0.570. The van der Waals surface area contributed by atoms with E-state index >= 15 is 0 Å². The number of carbonyl (C=O) groups excluding carboxylic acids is 1. The number of nitrogens with zero attached hydrogens (tertiary/aromatic N) is 1. The maximum atomic E-state index is 12.0. The maximum Gasteiger partial charge on any atom is 0.242 e. The van der Waals surface area contributed by atoms with E-state index in [2.05, 4.69) is 13.8 Å². The summed E-state index contributed by atoms with van der Waals surface area (Å²) in [6.07, 6.45) is 4.09. The molecule has 1 heterocycles. The van der Waals surface area contributed by atoms with Crippen molar-refractivity contribution in [1.82, 2.24) is 4.90 Å². The van der Waals surface area contributed by atoms with Crippen molar-refractivity contribution in [2.24, 2.45) is 11.1 Å². The maximum absolute atomic E-state index is 12.0. The zero-order valence-electron chi connectivity index (χ0n) is 9.18. The van der Waals surface area contributed by atoms with E-state index in [0.29, 0.717) is 0 Å². The highest BCUT2D eigenvalue weighted by Gasteiger charge is 2.49. The molecule has 0 spiro atoms. The SMILES string of the molecule is CC1(C)CCCN(C(=O)C2(N)CC2)C1. The van der Waals surface area contributed by atoms with E-state index < -0.39 is 5.54 Å². The van der Waals surface area contributed by atoms with Crippen LogP contribution < -0.4 is 5.73 Å². The van der Waals surface area contributed by atoms with Crippen molar-refractivity contribution in [3.63, 3.8) is 0 Å². The van der Waals surface area contributed by atoms with Gasteiger partial charge in [-0.05, 0) is 31.1 Å². The molecule has 1 aliphatic heterocycles. The van der Waals surface area contributed by atoms with Crippen molar-refractivity contribution in [3.8, 4) is 0 Å². The lowest BCUT2D eigenvalue weighted by molar-refractivity contribution is -0.136. The quantitative estimate of drug-likeness (QED) is 0.683. The second kappa shape index (κ2) is 2.96. The van der Waals surface area contributed by atoms with Gasteiger partial charge in [0.2, 0.25) is 5.91 Å². The Kier molecular flexibility index (Phi) is 2.11. The van der Waals surface area contributed by atoms with Gasteiger partial charge in [-0.3, -0.25) is 4.79 Å². The summed E-state index contributed by atoms with van der Waals surface area (Å²) in [5.41, 5.74) is 5.72. The van der Waals surface area contributed by atoms with E-state index in [1.54, 1.807) is 0 Å². The van der Waals surface area contributed by atoms with Crippen molar-refractivity contribution in [2.45, 2.75) is 45.1 Å². The van der Waals surface area contributed by atoms with Crippen molar-refractivity contribution in [1.29, 1.82) is 0 Å². The van der Waals surface area contributed by atoms with Crippen LogP contribution in [-0.2, 0) is 4.79 Å². The first-order valence-electron chi connectivity index (χ1n) is 5.51. The molecular formula is C11H20N2O. The first-order chi connectivity index (χ1) is 6.43. The second-order valence-corrected chi connectivity index (χ2v) is 5.65. The van der Waals surface area contributed by atoms with Crippen molar-refractivity contribution in [3.05, 3.63) is 0 Å². The highest BCUT2D eigenvalue weighted by Crippen LogP contribution is 2.37. The number of piperidine rings is 1. The van der Waals surface area contributed by atoms with Gasteiger partial charge in [0.25, 0.3) is 0 Å². The normalized spacial score (nSPS) is 28.6. The van der Waals surface area contributed by atoms with Gasteiger partial charge >= 0.3 is 0 Å². The summed E-state index contributed by atoms with van der Waals surface area (Å²) < 4.78 is 0. The third-order valence-corrected chi connectivity index (χ3v) is 3.40. The number of likely N-dealkylation sites (tertiary alicyclic amines) is 1.